The summed E-state index contributed by atoms with van der Waals surface area (Å²) in [7, 11) is 0. The maximum absolute atomic E-state index is 12.1. The van der Waals surface area contributed by atoms with Crippen LogP contribution in [0, 0.1) is 5.92 Å². The van der Waals surface area contributed by atoms with Gasteiger partial charge in [0.15, 0.2) is 0 Å². The molecule has 1 unspecified atom stereocenters. The molecule has 0 saturated heterocycles. The van der Waals surface area contributed by atoms with Crippen LogP contribution in [0.25, 0.3) is 0 Å². The van der Waals surface area contributed by atoms with Gasteiger partial charge in [-0.2, -0.15) is 4.99 Å². The second kappa shape index (κ2) is 8.30. The van der Waals surface area contributed by atoms with Gasteiger partial charge in [0.1, 0.15) is 6.10 Å². The van der Waals surface area contributed by atoms with E-state index in [-0.39, 0.29) is 6.10 Å². The average molecular weight is 346 g/mol. The van der Waals surface area contributed by atoms with Crippen LogP contribution in [-0.4, -0.2) is 18.3 Å². The number of hydrogen-bond acceptors (Lipinski definition) is 4. The van der Waals surface area contributed by atoms with E-state index in [2.05, 4.69) is 24.2 Å². The third kappa shape index (κ3) is 6.35. The summed E-state index contributed by atoms with van der Waals surface area (Å²) in [5, 5.41) is 2.91. The average Bonchev–Trinajstić information content (AvgIpc) is 2.45. The fraction of sp³-hybridized carbons (Fsp3) is 0.600. The lowest BCUT2D eigenvalue weighted by Gasteiger charge is -2.28. The number of carbonyl (C=O) groups is 1. The van der Waals surface area contributed by atoms with Crippen molar-refractivity contribution in [2.75, 3.05) is 0 Å². The Labute approximate surface area is 150 Å². The van der Waals surface area contributed by atoms with E-state index < -0.39 is 17.2 Å². The van der Waals surface area contributed by atoms with Crippen LogP contribution in [0.4, 0.5) is 4.79 Å². The van der Waals surface area contributed by atoms with Gasteiger partial charge >= 0.3 is 6.09 Å². The summed E-state index contributed by atoms with van der Waals surface area (Å²) >= 11 is 0. The Morgan fingerprint density at radius 1 is 1.12 bits per heavy atom. The predicted molar refractivity (Wildman–Crippen MR) is 99.1 cm³/mol. The van der Waals surface area contributed by atoms with E-state index in [1.807, 2.05) is 58.9 Å². The quantitative estimate of drug-likeness (QED) is 0.577. The zero-order chi connectivity index (χ0) is 19.3. The fourth-order valence-corrected chi connectivity index (χ4v) is 2.72. The standard InChI is InChI=1S/C20H30N2O3/c1-14(2)12-15(3)25-18(24)22-20(6,7)17-10-8-16(9-11-17)19(4,5)21-13-23/h8-11,14-15H,12H2,1-7H3,(H,22,24). The molecular formula is C20H30N2O3. The lowest BCUT2D eigenvalue weighted by Crippen LogP contribution is -2.42. The summed E-state index contributed by atoms with van der Waals surface area (Å²) in [4.78, 5) is 26.5. The van der Waals surface area contributed by atoms with Gasteiger partial charge in [0.2, 0.25) is 6.08 Å². The van der Waals surface area contributed by atoms with E-state index in [4.69, 9.17) is 4.74 Å². The highest BCUT2D eigenvalue weighted by Crippen LogP contribution is 2.27. The minimum Gasteiger partial charge on any atom is -0.447 e. The summed E-state index contributed by atoms with van der Waals surface area (Å²) in [5.74, 6) is 0.473. The molecule has 1 aromatic rings. The normalized spacial score (nSPS) is 13.1. The minimum atomic E-state index is -0.622. The maximum atomic E-state index is 12.1. The Bertz CT molecular complexity index is 627. The molecule has 0 fully saturated rings. The Hall–Kier alpha value is -2.13. The predicted octanol–water partition coefficient (Wildman–Crippen LogP) is 4.65. The SMILES string of the molecule is CC(C)CC(C)OC(=O)NC(C)(C)c1ccc(C(C)(C)N=C=O)cc1. The first kappa shape index (κ1) is 20.9. The van der Waals surface area contributed by atoms with Crippen molar-refractivity contribution < 1.29 is 14.3 Å². The van der Waals surface area contributed by atoms with Gasteiger partial charge in [-0.15, -0.1) is 0 Å². The van der Waals surface area contributed by atoms with Gasteiger partial charge in [0.05, 0.1) is 11.1 Å². The summed E-state index contributed by atoms with van der Waals surface area (Å²) in [5.41, 5.74) is 0.646. The van der Waals surface area contributed by atoms with Crippen LogP contribution in [0.2, 0.25) is 0 Å². The largest absolute Gasteiger partial charge is 0.447 e. The fourth-order valence-electron chi connectivity index (χ4n) is 2.72. The Kier molecular flexibility index (Phi) is 6.95. The van der Waals surface area contributed by atoms with Crippen molar-refractivity contribution in [2.45, 2.75) is 72.1 Å². The molecule has 0 aliphatic rings. The molecule has 1 rings (SSSR count). The molecule has 0 spiro atoms. The van der Waals surface area contributed by atoms with Crippen molar-refractivity contribution in [3.63, 3.8) is 0 Å². The van der Waals surface area contributed by atoms with E-state index in [0.717, 1.165) is 17.5 Å². The minimum absolute atomic E-state index is 0.125. The number of hydrogen-bond donors (Lipinski definition) is 1. The molecule has 1 amide bonds. The highest BCUT2D eigenvalue weighted by atomic mass is 16.6. The van der Waals surface area contributed by atoms with Crippen LogP contribution in [0.15, 0.2) is 29.3 Å². The first-order valence-corrected chi connectivity index (χ1v) is 8.67. The Balaban J connectivity index is 2.81. The van der Waals surface area contributed by atoms with Gasteiger partial charge in [-0.05, 0) is 58.1 Å². The lowest BCUT2D eigenvalue weighted by atomic mass is 9.89. The summed E-state index contributed by atoms with van der Waals surface area (Å²) < 4.78 is 5.42. The number of amides is 1. The Morgan fingerprint density at radius 3 is 2.12 bits per heavy atom. The first-order valence-electron chi connectivity index (χ1n) is 8.67. The van der Waals surface area contributed by atoms with Crippen molar-refractivity contribution in [1.29, 1.82) is 0 Å². The number of isocyanates is 1. The molecule has 138 valence electrons. The van der Waals surface area contributed by atoms with Gasteiger partial charge in [-0.25, -0.2) is 9.59 Å². The van der Waals surface area contributed by atoms with Gasteiger partial charge in [0, 0.05) is 0 Å². The molecule has 0 bridgehead atoms. The monoisotopic (exact) mass is 346 g/mol. The lowest BCUT2D eigenvalue weighted by molar-refractivity contribution is 0.0879. The van der Waals surface area contributed by atoms with E-state index in [0.29, 0.717) is 5.92 Å². The smallest absolute Gasteiger partial charge is 0.408 e. The molecule has 0 saturated carbocycles. The van der Waals surface area contributed by atoms with Crippen LogP contribution in [0.1, 0.15) is 66.0 Å². The number of carbonyl (C=O) groups excluding carboxylic acids is 2. The molecule has 1 atom stereocenters. The van der Waals surface area contributed by atoms with E-state index in [9.17, 15) is 9.59 Å². The maximum Gasteiger partial charge on any atom is 0.408 e. The van der Waals surface area contributed by atoms with Crippen molar-refractivity contribution >= 4 is 12.2 Å². The highest BCUT2D eigenvalue weighted by Gasteiger charge is 2.26. The first-order chi connectivity index (χ1) is 11.5. The van der Waals surface area contributed by atoms with Gasteiger partial charge < -0.3 is 10.1 Å². The molecule has 1 N–H and O–H groups in total. The summed E-state index contributed by atoms with van der Waals surface area (Å²) in [6.45, 7) is 13.6. The molecule has 1 aromatic carbocycles. The van der Waals surface area contributed by atoms with E-state index in [1.165, 1.54) is 0 Å². The van der Waals surface area contributed by atoms with E-state index in [1.54, 1.807) is 6.08 Å². The van der Waals surface area contributed by atoms with Crippen LogP contribution in [0.3, 0.4) is 0 Å². The number of ether oxygens (including phenoxy) is 1. The van der Waals surface area contributed by atoms with Crippen LogP contribution in [0.5, 0.6) is 0 Å². The molecule has 0 aliphatic heterocycles. The zero-order valence-electron chi connectivity index (χ0n) is 16.3. The van der Waals surface area contributed by atoms with Crippen LogP contribution < -0.4 is 5.32 Å². The van der Waals surface area contributed by atoms with Crippen molar-refractivity contribution in [2.24, 2.45) is 10.9 Å². The number of benzene rings is 1. The molecule has 25 heavy (non-hydrogen) atoms. The summed E-state index contributed by atoms with van der Waals surface area (Å²) in [6.07, 6.45) is 1.89. The Morgan fingerprint density at radius 2 is 1.64 bits per heavy atom. The number of nitrogens with one attached hydrogen (secondary N) is 1. The van der Waals surface area contributed by atoms with Crippen molar-refractivity contribution in [1.82, 2.24) is 5.32 Å². The third-order valence-electron chi connectivity index (χ3n) is 4.16. The highest BCUT2D eigenvalue weighted by molar-refractivity contribution is 5.68. The van der Waals surface area contributed by atoms with Crippen LogP contribution in [-0.2, 0) is 20.6 Å². The van der Waals surface area contributed by atoms with Gasteiger partial charge in [-0.1, -0.05) is 38.1 Å². The summed E-state index contributed by atoms with van der Waals surface area (Å²) in [6, 6.07) is 7.67. The van der Waals surface area contributed by atoms with Crippen molar-refractivity contribution in [3.05, 3.63) is 35.4 Å². The molecule has 0 aliphatic carbocycles. The molecule has 0 aromatic heterocycles. The molecule has 0 radical (unpaired) electrons. The van der Waals surface area contributed by atoms with Crippen LogP contribution >= 0.6 is 0 Å². The zero-order valence-corrected chi connectivity index (χ0v) is 16.3. The second-order valence-corrected chi connectivity index (χ2v) is 7.93. The second-order valence-electron chi connectivity index (χ2n) is 7.93. The topological polar surface area (TPSA) is 67.8 Å². The van der Waals surface area contributed by atoms with Crippen molar-refractivity contribution in [3.8, 4) is 0 Å². The number of aliphatic imine (C=N–C) groups is 1. The third-order valence-corrected chi connectivity index (χ3v) is 4.16. The number of rotatable bonds is 7. The molecule has 5 nitrogen and oxygen atoms in total. The van der Waals surface area contributed by atoms with E-state index >= 15 is 0 Å². The number of alkyl carbamates (subject to hydrolysis) is 1. The molecular weight excluding hydrogens is 316 g/mol. The van der Waals surface area contributed by atoms with Gasteiger partial charge in [0.25, 0.3) is 0 Å². The molecule has 0 heterocycles. The number of nitrogens with zero attached hydrogens (tertiary/aromatic N) is 1. The van der Waals surface area contributed by atoms with Gasteiger partial charge in [-0.3, -0.25) is 0 Å². The molecule has 5 heteroatoms.